The lowest BCUT2D eigenvalue weighted by molar-refractivity contribution is -0.114. The highest BCUT2D eigenvalue weighted by molar-refractivity contribution is 6.84. The third kappa shape index (κ3) is 4.66. The summed E-state index contributed by atoms with van der Waals surface area (Å²) in [5.74, 6) is 0.638. The van der Waals surface area contributed by atoms with Crippen molar-refractivity contribution in [2.24, 2.45) is 0 Å². The van der Waals surface area contributed by atoms with Crippen molar-refractivity contribution in [3.63, 3.8) is 0 Å². The largest absolute Gasteiger partial charge is 0.476 e. The molecule has 4 atom stereocenters. The molecule has 14 heteroatoms. The monoisotopic (exact) mass is 607 g/mol. The molecule has 3 aliphatic rings. The molecule has 1 amide bonds. The van der Waals surface area contributed by atoms with Crippen molar-refractivity contribution in [1.82, 2.24) is 19.5 Å². The summed E-state index contributed by atoms with van der Waals surface area (Å²) in [4.78, 5) is 25.6. The second-order valence-electron chi connectivity index (χ2n) is 12.7. The maximum atomic E-state index is 12.4. The molecule has 5 heterocycles. The van der Waals surface area contributed by atoms with E-state index >= 15 is 0 Å². The Hall–Kier alpha value is -1.95. The number of hydrogen-bond acceptors (Lipinski definition) is 10. The van der Waals surface area contributed by atoms with E-state index in [0.29, 0.717) is 23.6 Å². The Morgan fingerprint density at radius 2 is 1.71 bits per heavy atom. The Balaban J connectivity index is 1.62. The molecule has 3 aliphatic heterocycles. The fourth-order valence-electron chi connectivity index (χ4n) is 6.79. The molecule has 2 aromatic rings. The van der Waals surface area contributed by atoms with Gasteiger partial charge in [0.05, 0.1) is 13.2 Å². The van der Waals surface area contributed by atoms with Gasteiger partial charge in [-0.05, 0) is 29.1 Å². The second kappa shape index (κ2) is 10.6. The van der Waals surface area contributed by atoms with E-state index in [9.17, 15) is 9.90 Å². The van der Waals surface area contributed by atoms with Crippen LogP contribution in [0.5, 0.6) is 5.88 Å². The normalized spacial score (nSPS) is 28.6. The van der Waals surface area contributed by atoms with E-state index in [4.69, 9.17) is 27.4 Å². The van der Waals surface area contributed by atoms with Gasteiger partial charge in [0, 0.05) is 13.3 Å². The van der Waals surface area contributed by atoms with Crippen molar-refractivity contribution in [1.29, 1.82) is 0 Å². The first-order valence-electron chi connectivity index (χ1n) is 14.8. The molecule has 41 heavy (non-hydrogen) atoms. The van der Waals surface area contributed by atoms with Gasteiger partial charge in [0.2, 0.25) is 17.7 Å². The molecule has 0 unspecified atom stereocenters. The zero-order valence-electron chi connectivity index (χ0n) is 25.8. The van der Waals surface area contributed by atoms with E-state index in [1.54, 1.807) is 4.57 Å². The Kier molecular flexibility index (Phi) is 7.92. The molecule has 0 aromatic carbocycles. The van der Waals surface area contributed by atoms with Crippen molar-refractivity contribution in [2.75, 3.05) is 18.5 Å². The lowest BCUT2D eigenvalue weighted by Gasteiger charge is -2.52. The molecule has 228 valence electrons. The molecular formula is C27H45N5O7Si2. The highest BCUT2D eigenvalue weighted by Gasteiger charge is 2.68. The molecule has 2 aromatic heterocycles. The summed E-state index contributed by atoms with van der Waals surface area (Å²) in [7, 11) is -5.75. The lowest BCUT2D eigenvalue weighted by atomic mass is 9.93. The van der Waals surface area contributed by atoms with E-state index in [1.165, 1.54) is 6.92 Å². The predicted octanol–water partition coefficient (Wildman–Crippen LogP) is 4.32. The standard InChI is InChI=1S/C27H45N5O7Si2/c1-11-35-24-21-23(30-26(31-24)28-18(10)33)32-20(29-21)12-27(34)22-19(37-25(27)32)13-36-40(14(2)3,15(4)5)39-41(38-22,16(6)7)17(8)9/h14-17,19,22,25,34H,11-13H2,1-10H3,(H,28,30,31,33)/t19-,22-,25+,27+/m1/s1. The maximum Gasteiger partial charge on any atom is 0.335 e. The van der Waals surface area contributed by atoms with Crippen LogP contribution in [-0.2, 0) is 28.9 Å². The van der Waals surface area contributed by atoms with Crippen LogP contribution in [0.3, 0.4) is 0 Å². The first kappa shape index (κ1) is 30.5. The highest BCUT2D eigenvalue weighted by atomic mass is 28.5. The fourth-order valence-corrected chi connectivity index (χ4v) is 18.0. The maximum absolute atomic E-state index is 12.4. The van der Waals surface area contributed by atoms with Crippen LogP contribution in [0.15, 0.2) is 0 Å². The van der Waals surface area contributed by atoms with E-state index in [1.807, 2.05) is 6.92 Å². The molecule has 12 nitrogen and oxygen atoms in total. The number of fused-ring (bicyclic) bond motifs is 7. The van der Waals surface area contributed by atoms with Crippen LogP contribution >= 0.6 is 0 Å². The molecule has 0 bridgehead atoms. The van der Waals surface area contributed by atoms with Gasteiger partial charge in [0.25, 0.3) is 0 Å². The predicted molar refractivity (Wildman–Crippen MR) is 157 cm³/mol. The molecule has 0 saturated carbocycles. The third-order valence-electron chi connectivity index (χ3n) is 8.71. The number of imidazole rings is 1. The summed E-state index contributed by atoms with van der Waals surface area (Å²) in [6, 6.07) is 0. The minimum atomic E-state index is -2.98. The topological polar surface area (TPSA) is 139 Å². The number of rotatable bonds is 7. The van der Waals surface area contributed by atoms with Gasteiger partial charge in [-0.15, -0.1) is 0 Å². The Morgan fingerprint density at radius 3 is 2.27 bits per heavy atom. The van der Waals surface area contributed by atoms with E-state index in [0.717, 1.165) is 0 Å². The summed E-state index contributed by atoms with van der Waals surface area (Å²) >= 11 is 0. The smallest absolute Gasteiger partial charge is 0.335 e. The summed E-state index contributed by atoms with van der Waals surface area (Å²) in [5.41, 5.74) is 0.0558. The average molecular weight is 608 g/mol. The molecule has 0 aliphatic carbocycles. The number of anilines is 1. The van der Waals surface area contributed by atoms with Crippen molar-refractivity contribution >= 4 is 40.1 Å². The first-order chi connectivity index (χ1) is 19.2. The molecule has 2 saturated heterocycles. The second-order valence-corrected chi connectivity index (χ2v) is 21.6. The zero-order chi connectivity index (χ0) is 30.1. The van der Waals surface area contributed by atoms with Crippen LogP contribution in [0.2, 0.25) is 22.2 Å². The molecule has 0 spiro atoms. The zero-order valence-corrected chi connectivity index (χ0v) is 27.8. The van der Waals surface area contributed by atoms with Crippen LogP contribution < -0.4 is 10.1 Å². The first-order valence-corrected chi connectivity index (χ1v) is 18.7. The SMILES string of the molecule is CCOc1nc(NC(C)=O)nc2c1nc1n2[C@H]2O[C@@H]3CO[Si](C(C)C)(C(C)C)O[Si](C(C)C)(C(C)C)O[C@H]3[C@@]2(O)C1. The van der Waals surface area contributed by atoms with Crippen LogP contribution in [0.25, 0.3) is 11.2 Å². The lowest BCUT2D eigenvalue weighted by Crippen LogP contribution is -2.67. The van der Waals surface area contributed by atoms with Crippen molar-refractivity contribution in [2.45, 2.75) is 122 Å². The molecule has 2 N–H and O–H groups in total. The number of nitrogens with zero attached hydrogens (tertiary/aromatic N) is 4. The number of nitrogens with one attached hydrogen (secondary N) is 1. The number of amides is 1. The van der Waals surface area contributed by atoms with Gasteiger partial charge in [-0.3, -0.25) is 14.7 Å². The number of carbonyl (C=O) groups is 1. The Bertz CT molecular complexity index is 1300. The van der Waals surface area contributed by atoms with Crippen LogP contribution in [0, 0.1) is 0 Å². The van der Waals surface area contributed by atoms with Gasteiger partial charge in [0.1, 0.15) is 23.6 Å². The molecule has 2 fully saturated rings. The quantitative estimate of drug-likeness (QED) is 0.437. The van der Waals surface area contributed by atoms with E-state index in [-0.39, 0.29) is 52.9 Å². The Labute approximate surface area is 244 Å². The minimum Gasteiger partial charge on any atom is -0.476 e. The van der Waals surface area contributed by atoms with Crippen LogP contribution in [0.1, 0.15) is 81.3 Å². The van der Waals surface area contributed by atoms with Gasteiger partial charge >= 0.3 is 17.1 Å². The fraction of sp³-hybridized carbons (Fsp3) is 0.778. The number of ether oxygens (including phenoxy) is 2. The number of carbonyl (C=O) groups excluding carboxylic acids is 1. The van der Waals surface area contributed by atoms with Crippen molar-refractivity contribution in [3.8, 4) is 5.88 Å². The van der Waals surface area contributed by atoms with Gasteiger partial charge in [-0.2, -0.15) is 9.97 Å². The van der Waals surface area contributed by atoms with E-state index in [2.05, 4.69) is 70.7 Å². The molecular weight excluding hydrogens is 562 g/mol. The molecule has 0 radical (unpaired) electrons. The van der Waals surface area contributed by atoms with Gasteiger partial charge in [0.15, 0.2) is 17.4 Å². The highest BCUT2D eigenvalue weighted by Crippen LogP contribution is 2.54. The summed E-state index contributed by atoms with van der Waals surface area (Å²) in [5, 5.41) is 15.1. The van der Waals surface area contributed by atoms with Crippen LogP contribution in [-0.4, -0.2) is 78.7 Å². The van der Waals surface area contributed by atoms with Crippen molar-refractivity contribution < 1.29 is 32.3 Å². The number of aliphatic hydroxyl groups is 1. The van der Waals surface area contributed by atoms with Gasteiger partial charge in [-0.1, -0.05) is 55.4 Å². The molecule has 5 rings (SSSR count). The van der Waals surface area contributed by atoms with E-state index < -0.39 is 41.2 Å². The van der Waals surface area contributed by atoms with Crippen molar-refractivity contribution in [3.05, 3.63) is 5.82 Å². The van der Waals surface area contributed by atoms with Gasteiger partial charge < -0.3 is 27.5 Å². The van der Waals surface area contributed by atoms with Crippen LogP contribution in [0.4, 0.5) is 5.95 Å². The number of aromatic nitrogens is 4. The average Bonchev–Trinajstić information content (AvgIpc) is 3.42. The minimum absolute atomic E-state index is 0.0966. The summed E-state index contributed by atoms with van der Waals surface area (Å²) in [6.07, 6.45) is -1.84. The summed E-state index contributed by atoms with van der Waals surface area (Å²) < 4.78 is 35.6. The Morgan fingerprint density at radius 1 is 1.07 bits per heavy atom. The van der Waals surface area contributed by atoms with Gasteiger partial charge in [-0.25, -0.2) is 4.98 Å². The third-order valence-corrected chi connectivity index (χ3v) is 18.9. The number of hydrogen-bond donors (Lipinski definition) is 2. The summed E-state index contributed by atoms with van der Waals surface area (Å²) in [6.45, 7) is 21.2.